The molecule has 0 aromatic carbocycles. The molecule has 1 amide bonds. The van der Waals surface area contributed by atoms with Gasteiger partial charge < -0.3 is 14.7 Å². The highest BCUT2D eigenvalue weighted by molar-refractivity contribution is 5.81. The molecule has 126 valence electrons. The number of nitrogens with zero attached hydrogens (tertiary/aromatic N) is 3. The van der Waals surface area contributed by atoms with E-state index >= 15 is 0 Å². The van der Waals surface area contributed by atoms with E-state index in [-0.39, 0.29) is 31.5 Å². The molecule has 0 aliphatic carbocycles. The first-order valence-corrected chi connectivity index (χ1v) is 8.01. The molecule has 3 rings (SSSR count). The Morgan fingerprint density at radius 3 is 2.74 bits per heavy atom. The van der Waals surface area contributed by atoms with E-state index in [1.54, 1.807) is 9.58 Å². The number of hydrogen-bond acceptors (Lipinski definition) is 4. The van der Waals surface area contributed by atoms with Crippen LogP contribution in [0, 0.1) is 25.2 Å². The molecule has 2 atom stereocenters. The molecule has 1 N–H and O–H groups in total. The minimum atomic E-state index is -0.931. The summed E-state index contributed by atoms with van der Waals surface area (Å²) in [4.78, 5) is 25.9. The van der Waals surface area contributed by atoms with Crippen LogP contribution in [-0.2, 0) is 27.3 Å². The molecule has 7 heteroatoms. The van der Waals surface area contributed by atoms with Gasteiger partial charge in [0.05, 0.1) is 18.9 Å². The van der Waals surface area contributed by atoms with Crippen LogP contribution in [-0.4, -0.2) is 58.0 Å². The molecule has 0 spiro atoms. The van der Waals surface area contributed by atoms with Gasteiger partial charge in [-0.1, -0.05) is 6.92 Å². The molecule has 0 saturated carbocycles. The summed E-state index contributed by atoms with van der Waals surface area (Å²) >= 11 is 0. The second-order valence-electron chi connectivity index (χ2n) is 6.61. The van der Waals surface area contributed by atoms with Crippen LogP contribution < -0.4 is 0 Å². The van der Waals surface area contributed by atoms with Gasteiger partial charge in [0.15, 0.2) is 0 Å². The number of carboxylic acid groups (broad SMARTS) is 1. The fourth-order valence-electron chi connectivity index (χ4n) is 3.86. The third-order valence-electron chi connectivity index (χ3n) is 5.32. The summed E-state index contributed by atoms with van der Waals surface area (Å²) in [5, 5.41) is 14.0. The molecule has 2 aliphatic heterocycles. The number of ether oxygens (including phenoxy) is 1. The lowest BCUT2D eigenvalue weighted by atomic mass is 9.81. The van der Waals surface area contributed by atoms with Crippen LogP contribution in [0.4, 0.5) is 0 Å². The van der Waals surface area contributed by atoms with Crippen molar-refractivity contribution in [3.8, 4) is 0 Å². The van der Waals surface area contributed by atoms with Gasteiger partial charge in [-0.15, -0.1) is 0 Å². The zero-order chi connectivity index (χ0) is 16.8. The van der Waals surface area contributed by atoms with Gasteiger partial charge >= 0.3 is 5.97 Å². The van der Waals surface area contributed by atoms with Crippen molar-refractivity contribution in [2.24, 2.45) is 11.3 Å². The van der Waals surface area contributed by atoms with Gasteiger partial charge in [-0.3, -0.25) is 14.3 Å². The smallest absolute Gasteiger partial charge is 0.314 e. The summed E-state index contributed by atoms with van der Waals surface area (Å²) in [6.45, 7) is 7.43. The van der Waals surface area contributed by atoms with E-state index in [9.17, 15) is 14.7 Å². The molecule has 0 bridgehead atoms. The number of carbonyl (C=O) groups excluding carboxylic acids is 1. The summed E-state index contributed by atoms with van der Waals surface area (Å²) in [5.74, 6) is -1.06. The van der Waals surface area contributed by atoms with Gasteiger partial charge in [0.25, 0.3) is 0 Å². The van der Waals surface area contributed by atoms with Crippen LogP contribution in [0.25, 0.3) is 0 Å². The summed E-state index contributed by atoms with van der Waals surface area (Å²) in [5.41, 5.74) is 2.20. The van der Waals surface area contributed by atoms with E-state index < -0.39 is 11.4 Å². The number of aliphatic carboxylic acids is 1. The van der Waals surface area contributed by atoms with E-state index in [1.807, 2.05) is 13.8 Å². The first kappa shape index (κ1) is 16.0. The molecule has 0 radical (unpaired) electrons. The first-order valence-electron chi connectivity index (χ1n) is 8.01. The Hall–Kier alpha value is -1.89. The fourth-order valence-corrected chi connectivity index (χ4v) is 3.86. The van der Waals surface area contributed by atoms with E-state index in [0.29, 0.717) is 13.2 Å². The van der Waals surface area contributed by atoms with Crippen molar-refractivity contribution in [3.05, 3.63) is 17.0 Å². The molecular formula is C16H23N3O4. The number of aryl methyl sites for hydroxylation is 1. The number of likely N-dealkylation sites (tertiary alicyclic amines) is 1. The van der Waals surface area contributed by atoms with Gasteiger partial charge in [-0.05, 0) is 25.8 Å². The first-order chi connectivity index (χ1) is 10.9. The molecule has 2 aliphatic rings. The van der Waals surface area contributed by atoms with Crippen LogP contribution in [0.5, 0.6) is 0 Å². The Balaban J connectivity index is 1.74. The number of aromatic nitrogens is 2. The van der Waals surface area contributed by atoms with E-state index in [1.165, 1.54) is 5.56 Å². The topological polar surface area (TPSA) is 84.7 Å². The SMILES string of the molecule is CCc1c(C)nn(CC(=O)N2C[C@@H]3COC[C@]3(C(=O)O)C2)c1C. The highest BCUT2D eigenvalue weighted by atomic mass is 16.5. The Bertz CT molecular complexity index is 654. The van der Waals surface area contributed by atoms with Gasteiger partial charge in [0.2, 0.25) is 5.91 Å². The van der Waals surface area contributed by atoms with E-state index in [4.69, 9.17) is 4.74 Å². The maximum Gasteiger partial charge on any atom is 0.314 e. The van der Waals surface area contributed by atoms with E-state index in [2.05, 4.69) is 12.0 Å². The number of carbonyl (C=O) groups is 2. The molecule has 23 heavy (non-hydrogen) atoms. The van der Waals surface area contributed by atoms with Gasteiger partial charge in [0, 0.05) is 24.7 Å². The molecule has 2 saturated heterocycles. The Kier molecular flexibility index (Phi) is 3.91. The summed E-state index contributed by atoms with van der Waals surface area (Å²) in [6, 6.07) is 0. The number of rotatable bonds is 4. The Labute approximate surface area is 135 Å². The van der Waals surface area contributed by atoms with Crippen molar-refractivity contribution in [3.63, 3.8) is 0 Å². The third kappa shape index (κ3) is 2.43. The van der Waals surface area contributed by atoms with Crippen molar-refractivity contribution in [2.75, 3.05) is 26.3 Å². The second-order valence-corrected chi connectivity index (χ2v) is 6.61. The lowest BCUT2D eigenvalue weighted by molar-refractivity contribution is -0.149. The van der Waals surface area contributed by atoms with Crippen LogP contribution in [0.3, 0.4) is 0 Å². The lowest BCUT2D eigenvalue weighted by Gasteiger charge is -2.22. The maximum absolute atomic E-state index is 12.6. The number of fused-ring (bicyclic) bond motifs is 1. The average Bonchev–Trinajstić information content (AvgIpc) is 3.11. The number of carboxylic acids is 1. The van der Waals surface area contributed by atoms with Crippen molar-refractivity contribution in [1.82, 2.24) is 14.7 Å². The van der Waals surface area contributed by atoms with Crippen molar-refractivity contribution in [2.45, 2.75) is 33.7 Å². The zero-order valence-electron chi connectivity index (χ0n) is 13.8. The molecule has 1 aromatic rings. The van der Waals surface area contributed by atoms with Gasteiger partial charge in [-0.2, -0.15) is 5.10 Å². The molecule has 3 heterocycles. The summed E-state index contributed by atoms with van der Waals surface area (Å²) in [6.07, 6.45) is 0.886. The number of amides is 1. The summed E-state index contributed by atoms with van der Waals surface area (Å²) in [7, 11) is 0. The van der Waals surface area contributed by atoms with Crippen LogP contribution in [0.15, 0.2) is 0 Å². The minimum Gasteiger partial charge on any atom is -0.481 e. The zero-order valence-corrected chi connectivity index (χ0v) is 13.8. The predicted molar refractivity (Wildman–Crippen MR) is 82.0 cm³/mol. The van der Waals surface area contributed by atoms with Crippen molar-refractivity contribution in [1.29, 1.82) is 0 Å². The highest BCUT2D eigenvalue weighted by Gasteiger charge is 2.57. The summed E-state index contributed by atoms with van der Waals surface area (Å²) < 4.78 is 7.07. The molecule has 7 nitrogen and oxygen atoms in total. The fraction of sp³-hybridized carbons (Fsp3) is 0.688. The Morgan fingerprint density at radius 2 is 2.17 bits per heavy atom. The quantitative estimate of drug-likeness (QED) is 0.879. The highest BCUT2D eigenvalue weighted by Crippen LogP contribution is 2.41. The lowest BCUT2D eigenvalue weighted by Crippen LogP contribution is -2.40. The second kappa shape index (κ2) is 5.63. The molecule has 1 aromatic heterocycles. The van der Waals surface area contributed by atoms with Crippen molar-refractivity contribution >= 4 is 11.9 Å². The van der Waals surface area contributed by atoms with Crippen LogP contribution in [0.2, 0.25) is 0 Å². The average molecular weight is 321 g/mol. The minimum absolute atomic E-state index is 0.0757. The molecular weight excluding hydrogens is 298 g/mol. The maximum atomic E-state index is 12.6. The standard InChI is InChI=1S/C16H23N3O4/c1-4-13-10(2)17-19(11(13)3)6-14(20)18-5-12-7-23-9-16(12,8-18)15(21)22/h12H,4-9H2,1-3H3,(H,21,22)/t12-,16-/m1/s1. The van der Waals surface area contributed by atoms with Crippen LogP contribution in [0.1, 0.15) is 23.9 Å². The van der Waals surface area contributed by atoms with Crippen molar-refractivity contribution < 1.29 is 19.4 Å². The molecule has 2 fully saturated rings. The largest absolute Gasteiger partial charge is 0.481 e. The monoisotopic (exact) mass is 321 g/mol. The van der Waals surface area contributed by atoms with E-state index in [0.717, 1.165) is 17.8 Å². The van der Waals surface area contributed by atoms with Crippen LogP contribution >= 0.6 is 0 Å². The third-order valence-corrected chi connectivity index (χ3v) is 5.32. The van der Waals surface area contributed by atoms with Gasteiger partial charge in [0.1, 0.15) is 12.0 Å². The molecule has 0 unspecified atom stereocenters. The number of hydrogen-bond donors (Lipinski definition) is 1. The van der Waals surface area contributed by atoms with Gasteiger partial charge in [-0.25, -0.2) is 0 Å². The predicted octanol–water partition coefficient (Wildman–Crippen LogP) is 0.622. The Morgan fingerprint density at radius 1 is 1.43 bits per heavy atom. The normalized spacial score (nSPS) is 26.6.